The fourth-order valence-corrected chi connectivity index (χ4v) is 5.58. The lowest BCUT2D eigenvalue weighted by atomic mass is 9.99. The van der Waals surface area contributed by atoms with Gasteiger partial charge in [-0.05, 0) is 67.8 Å². The van der Waals surface area contributed by atoms with Gasteiger partial charge in [0, 0.05) is 23.0 Å². The van der Waals surface area contributed by atoms with Crippen LogP contribution in [0.1, 0.15) is 46.9 Å². The van der Waals surface area contributed by atoms with Crippen LogP contribution in [0, 0.1) is 5.82 Å². The maximum atomic E-state index is 13.6. The Morgan fingerprint density at radius 3 is 2.67 bits per heavy atom. The minimum absolute atomic E-state index is 0.0177. The summed E-state index contributed by atoms with van der Waals surface area (Å²) in [5.41, 5.74) is 0.538. The van der Waals surface area contributed by atoms with Gasteiger partial charge in [-0.25, -0.2) is 4.39 Å². The zero-order valence-corrected chi connectivity index (χ0v) is 20.5. The van der Waals surface area contributed by atoms with Crippen LogP contribution in [0.4, 0.5) is 4.39 Å². The number of nitrogens with zero attached hydrogens (tertiary/aromatic N) is 2. The number of hydrogen-bond acceptors (Lipinski definition) is 5. The topological polar surface area (TPSA) is 49.9 Å². The second kappa shape index (κ2) is 9.65. The number of carbonyl (C=O) groups excluding carboxylic acids is 2. The van der Waals surface area contributed by atoms with Crippen LogP contribution in [0.25, 0.3) is 0 Å². The van der Waals surface area contributed by atoms with Crippen LogP contribution in [0.2, 0.25) is 0 Å². The second-order valence-electron chi connectivity index (χ2n) is 8.96. The molecule has 0 N–H and O–H groups in total. The fourth-order valence-electron chi connectivity index (χ4n) is 3.98. The van der Waals surface area contributed by atoms with E-state index in [1.54, 1.807) is 39.3 Å². The minimum atomic E-state index is -0.520. The molecule has 4 rings (SSSR count). The summed E-state index contributed by atoms with van der Waals surface area (Å²) in [4.78, 5) is 32.0. The largest absolute Gasteiger partial charge is 0.491 e. The molecule has 2 amide bonds. The number of benzene rings is 1. The van der Waals surface area contributed by atoms with Crippen molar-refractivity contribution in [3.63, 3.8) is 0 Å². The van der Waals surface area contributed by atoms with Crippen LogP contribution < -0.4 is 4.74 Å². The van der Waals surface area contributed by atoms with Gasteiger partial charge in [-0.15, -0.1) is 22.7 Å². The van der Waals surface area contributed by atoms with E-state index in [0.29, 0.717) is 17.2 Å². The lowest BCUT2D eigenvalue weighted by Gasteiger charge is -2.40. The van der Waals surface area contributed by atoms with Crippen LogP contribution in [-0.4, -0.2) is 46.8 Å². The summed E-state index contributed by atoms with van der Waals surface area (Å²) >= 11 is 3.04. The van der Waals surface area contributed by atoms with E-state index in [0.717, 1.165) is 12.0 Å². The third-order valence-corrected chi connectivity index (χ3v) is 7.55. The Hall–Kier alpha value is -2.71. The molecule has 1 aliphatic rings. The number of hydrogen-bond donors (Lipinski definition) is 0. The second-order valence-corrected chi connectivity index (χ2v) is 10.9. The van der Waals surface area contributed by atoms with Gasteiger partial charge in [0.05, 0.1) is 10.9 Å². The predicted octanol–water partition coefficient (Wildman–Crippen LogP) is 5.39. The van der Waals surface area contributed by atoms with Crippen molar-refractivity contribution in [3.8, 4) is 5.75 Å². The Morgan fingerprint density at radius 2 is 1.97 bits per heavy atom. The van der Waals surface area contributed by atoms with Gasteiger partial charge in [-0.1, -0.05) is 12.1 Å². The van der Waals surface area contributed by atoms with E-state index in [1.807, 2.05) is 43.7 Å². The number of rotatable bonds is 6. The van der Waals surface area contributed by atoms with Crippen molar-refractivity contribution >= 4 is 34.5 Å². The number of thiophene rings is 2. The molecule has 1 aromatic carbocycles. The van der Waals surface area contributed by atoms with Crippen molar-refractivity contribution in [2.75, 3.05) is 19.7 Å². The predicted molar refractivity (Wildman–Crippen MR) is 129 cm³/mol. The van der Waals surface area contributed by atoms with E-state index in [4.69, 9.17) is 4.74 Å². The average Bonchev–Trinajstić information content (AvgIpc) is 3.46. The maximum absolute atomic E-state index is 13.6. The lowest BCUT2D eigenvalue weighted by molar-refractivity contribution is -0.136. The molecule has 3 aromatic rings. The van der Waals surface area contributed by atoms with Crippen LogP contribution in [0.5, 0.6) is 5.75 Å². The van der Waals surface area contributed by atoms with Crippen LogP contribution in [0.3, 0.4) is 0 Å². The fraction of sp³-hybridized carbons (Fsp3) is 0.360. The number of ether oxygens (including phenoxy) is 1. The van der Waals surface area contributed by atoms with Gasteiger partial charge in [-0.2, -0.15) is 0 Å². The van der Waals surface area contributed by atoms with Crippen LogP contribution in [-0.2, 0) is 11.2 Å². The molecule has 0 unspecified atom stereocenters. The highest BCUT2D eigenvalue weighted by molar-refractivity contribution is 7.12. The molecule has 0 spiro atoms. The summed E-state index contributed by atoms with van der Waals surface area (Å²) in [7, 11) is 0. The van der Waals surface area contributed by atoms with Gasteiger partial charge < -0.3 is 14.5 Å². The van der Waals surface area contributed by atoms with Crippen molar-refractivity contribution in [2.24, 2.45) is 0 Å². The lowest BCUT2D eigenvalue weighted by Crippen LogP contribution is -2.53. The molecule has 0 bridgehead atoms. The molecule has 0 saturated carbocycles. The molecule has 2 aromatic heterocycles. The van der Waals surface area contributed by atoms with Crippen molar-refractivity contribution in [1.29, 1.82) is 0 Å². The van der Waals surface area contributed by atoms with Gasteiger partial charge in [0.2, 0.25) is 5.91 Å². The summed E-state index contributed by atoms with van der Waals surface area (Å²) in [5.74, 6) is -0.215. The van der Waals surface area contributed by atoms with Gasteiger partial charge in [0.15, 0.2) is 0 Å². The number of fused-ring (bicyclic) bond motifs is 1. The molecule has 33 heavy (non-hydrogen) atoms. The molecule has 1 atom stereocenters. The Bertz CT molecular complexity index is 1120. The minimum Gasteiger partial charge on any atom is -0.491 e. The Kier molecular flexibility index (Phi) is 6.86. The molecule has 0 saturated heterocycles. The monoisotopic (exact) mass is 486 g/mol. The van der Waals surface area contributed by atoms with E-state index in [9.17, 15) is 14.0 Å². The molecule has 0 fully saturated rings. The van der Waals surface area contributed by atoms with Gasteiger partial charge in [0.1, 0.15) is 24.7 Å². The first-order valence-electron chi connectivity index (χ1n) is 10.8. The summed E-state index contributed by atoms with van der Waals surface area (Å²) < 4.78 is 19.5. The molecule has 5 nitrogen and oxygen atoms in total. The first kappa shape index (κ1) is 23.4. The average molecular weight is 487 g/mol. The Balaban J connectivity index is 1.55. The SMILES string of the molecule is CC(C)(C)N(CC(=O)N1CCc2sccc2[C@@H]1COc1cccc(F)c1)C(=O)c1cccs1. The highest BCUT2D eigenvalue weighted by atomic mass is 32.1. The van der Waals surface area contributed by atoms with Crippen molar-refractivity contribution < 1.29 is 18.7 Å². The molecule has 174 valence electrons. The zero-order valence-electron chi connectivity index (χ0n) is 18.9. The van der Waals surface area contributed by atoms with Gasteiger partial charge in [-0.3, -0.25) is 9.59 Å². The molecule has 0 aliphatic carbocycles. The molecular formula is C25H27FN2O3S2. The summed E-state index contributed by atoms with van der Waals surface area (Å²) in [6.07, 6.45) is 0.767. The van der Waals surface area contributed by atoms with Gasteiger partial charge in [0.25, 0.3) is 5.91 Å². The van der Waals surface area contributed by atoms with E-state index in [-0.39, 0.29) is 36.8 Å². The molecule has 3 heterocycles. The van der Waals surface area contributed by atoms with Crippen molar-refractivity contribution in [1.82, 2.24) is 9.80 Å². The smallest absolute Gasteiger partial charge is 0.264 e. The summed E-state index contributed by atoms with van der Waals surface area (Å²) in [5, 5.41) is 3.88. The van der Waals surface area contributed by atoms with E-state index >= 15 is 0 Å². The molecule has 1 aliphatic heterocycles. The maximum Gasteiger partial charge on any atom is 0.264 e. The zero-order chi connectivity index (χ0) is 23.6. The number of carbonyl (C=O) groups is 2. The normalized spacial score (nSPS) is 15.8. The Labute approximate surface area is 201 Å². The highest BCUT2D eigenvalue weighted by Gasteiger charge is 2.36. The van der Waals surface area contributed by atoms with Gasteiger partial charge >= 0.3 is 0 Å². The Morgan fingerprint density at radius 1 is 1.15 bits per heavy atom. The van der Waals surface area contributed by atoms with Crippen LogP contribution in [0.15, 0.2) is 53.2 Å². The molecule has 8 heteroatoms. The first-order valence-corrected chi connectivity index (χ1v) is 12.6. The highest BCUT2D eigenvalue weighted by Crippen LogP contribution is 2.34. The number of amides is 2. The van der Waals surface area contributed by atoms with Crippen molar-refractivity contribution in [2.45, 2.75) is 38.8 Å². The molecular weight excluding hydrogens is 459 g/mol. The summed E-state index contributed by atoms with van der Waals surface area (Å²) in [6, 6.07) is 11.4. The standard InChI is InChI=1S/C25H27FN2O3S2/c1-25(2,3)28(24(30)22-8-5-12-32-22)15-23(29)27-11-9-21-19(10-13-33-21)20(27)16-31-18-7-4-6-17(26)14-18/h4-8,10,12-14,20H,9,11,15-16H2,1-3H3/t20-/m0/s1. The van der Waals surface area contributed by atoms with E-state index in [2.05, 4.69) is 0 Å². The van der Waals surface area contributed by atoms with Crippen LogP contribution >= 0.6 is 22.7 Å². The van der Waals surface area contributed by atoms with E-state index in [1.165, 1.54) is 28.3 Å². The quantitative estimate of drug-likeness (QED) is 0.469. The van der Waals surface area contributed by atoms with E-state index < -0.39 is 5.54 Å². The summed E-state index contributed by atoms with van der Waals surface area (Å²) in [6.45, 7) is 6.55. The first-order chi connectivity index (χ1) is 15.7. The third kappa shape index (κ3) is 5.28. The third-order valence-electron chi connectivity index (χ3n) is 5.70. The number of halogens is 1. The van der Waals surface area contributed by atoms with Crippen molar-refractivity contribution in [3.05, 3.63) is 74.4 Å². The molecule has 0 radical (unpaired) electrons.